The lowest BCUT2D eigenvalue weighted by Gasteiger charge is -2.38. The van der Waals surface area contributed by atoms with Crippen LogP contribution < -0.4 is 5.32 Å². The molecule has 0 saturated carbocycles. The Morgan fingerprint density at radius 2 is 1.71 bits per heavy atom. The van der Waals surface area contributed by atoms with E-state index in [-0.39, 0.29) is 0 Å². The maximum absolute atomic E-state index is 3.82. The number of allylic oxidation sites excluding steroid dienone is 1. The molecule has 3 heteroatoms. The molecule has 17 heavy (non-hydrogen) atoms. The number of rotatable bonds is 5. The zero-order valence-electron chi connectivity index (χ0n) is 13.5. The predicted molar refractivity (Wildman–Crippen MR) is 87.6 cm³/mol. The molecule has 0 radical (unpaired) electrons. The molecule has 0 rings (SSSR count). The van der Waals surface area contributed by atoms with Crippen LogP contribution >= 0.6 is 0 Å². The van der Waals surface area contributed by atoms with Gasteiger partial charge in [-0.1, -0.05) is 51.6 Å². The standard InChI is InChI=1S/C14H33NSi2/c1-9-13(11(2)12(3)16)15-10-17(7,8)14(4,5)6/h13,15H,9-10H2,1-8,16H3. The number of hydrogen-bond donors (Lipinski definition) is 1. The lowest BCUT2D eigenvalue weighted by atomic mass is 10.1. The molecule has 0 aliphatic carbocycles. The summed E-state index contributed by atoms with van der Waals surface area (Å²) in [6, 6.07) is 0.599. The Morgan fingerprint density at radius 3 is 2.00 bits per heavy atom. The molecular weight excluding hydrogens is 238 g/mol. The van der Waals surface area contributed by atoms with Crippen LogP contribution in [0.15, 0.2) is 10.8 Å². The van der Waals surface area contributed by atoms with Crippen LogP contribution in [0, 0.1) is 0 Å². The van der Waals surface area contributed by atoms with E-state index >= 15 is 0 Å². The van der Waals surface area contributed by atoms with Gasteiger partial charge in [0.25, 0.3) is 0 Å². The molecule has 1 N–H and O–H groups in total. The third-order valence-corrected chi connectivity index (χ3v) is 10.5. The van der Waals surface area contributed by atoms with Gasteiger partial charge in [-0.05, 0) is 31.5 Å². The van der Waals surface area contributed by atoms with Crippen molar-refractivity contribution in [1.82, 2.24) is 5.32 Å². The average molecular weight is 272 g/mol. The summed E-state index contributed by atoms with van der Waals surface area (Å²) in [5.41, 5.74) is 1.58. The van der Waals surface area contributed by atoms with Crippen LogP contribution in [0.4, 0.5) is 0 Å². The molecule has 0 aliphatic rings. The Kier molecular flexibility index (Phi) is 6.39. The van der Waals surface area contributed by atoms with E-state index in [0.29, 0.717) is 11.1 Å². The van der Waals surface area contributed by atoms with Crippen LogP contribution in [0.5, 0.6) is 0 Å². The van der Waals surface area contributed by atoms with Gasteiger partial charge in [0.15, 0.2) is 0 Å². The van der Waals surface area contributed by atoms with E-state index in [4.69, 9.17) is 0 Å². The van der Waals surface area contributed by atoms with Crippen molar-refractivity contribution < 1.29 is 0 Å². The smallest absolute Gasteiger partial charge is 0.0679 e. The summed E-state index contributed by atoms with van der Waals surface area (Å²) in [5.74, 6) is 0. The SMILES string of the molecule is CCC(NC[Si](C)(C)C(C)(C)C)C(C)=C(C)[SiH3]. The molecule has 0 amide bonds. The van der Waals surface area contributed by atoms with Crippen molar-refractivity contribution in [3.8, 4) is 0 Å². The minimum absolute atomic E-state index is 0.478. The number of hydrogen-bond acceptors (Lipinski definition) is 1. The molecule has 0 aromatic carbocycles. The summed E-state index contributed by atoms with van der Waals surface area (Å²) in [4.78, 5) is 0. The molecule has 0 aromatic heterocycles. The summed E-state index contributed by atoms with van der Waals surface area (Å²) in [6.45, 7) is 19.0. The van der Waals surface area contributed by atoms with E-state index in [1.54, 1.807) is 10.8 Å². The van der Waals surface area contributed by atoms with Crippen LogP contribution in [0.2, 0.25) is 18.1 Å². The molecule has 1 unspecified atom stereocenters. The van der Waals surface area contributed by atoms with E-state index in [2.05, 4.69) is 60.0 Å². The van der Waals surface area contributed by atoms with E-state index in [0.717, 1.165) is 0 Å². The van der Waals surface area contributed by atoms with Gasteiger partial charge in [-0.3, -0.25) is 0 Å². The highest BCUT2D eigenvalue weighted by atomic mass is 28.3. The van der Waals surface area contributed by atoms with Gasteiger partial charge >= 0.3 is 0 Å². The summed E-state index contributed by atoms with van der Waals surface area (Å²) < 4.78 is 0. The van der Waals surface area contributed by atoms with Crippen LogP contribution in [0.1, 0.15) is 48.0 Å². The Labute approximate surface area is 113 Å². The lowest BCUT2D eigenvalue weighted by molar-refractivity contribution is 0.583. The van der Waals surface area contributed by atoms with Crippen LogP contribution in [-0.4, -0.2) is 30.5 Å². The first-order valence-electron chi connectivity index (χ1n) is 6.90. The summed E-state index contributed by atoms with van der Waals surface area (Å²) in [6.07, 6.45) is 2.43. The largest absolute Gasteiger partial charge is 0.313 e. The first kappa shape index (κ1) is 17.1. The quantitative estimate of drug-likeness (QED) is 0.758. The molecule has 0 fully saturated rings. The van der Waals surface area contributed by atoms with Crippen molar-refractivity contribution in [2.75, 3.05) is 6.17 Å². The topological polar surface area (TPSA) is 12.0 Å². The maximum atomic E-state index is 3.82. The molecule has 102 valence electrons. The molecule has 0 aromatic rings. The van der Waals surface area contributed by atoms with Gasteiger partial charge in [-0.15, -0.1) is 0 Å². The third-order valence-electron chi connectivity index (χ3n) is 4.54. The highest BCUT2D eigenvalue weighted by Crippen LogP contribution is 2.35. The first-order chi connectivity index (χ1) is 7.53. The van der Waals surface area contributed by atoms with Crippen molar-refractivity contribution in [3.63, 3.8) is 0 Å². The average Bonchev–Trinajstić information content (AvgIpc) is 2.16. The molecule has 1 atom stereocenters. The Morgan fingerprint density at radius 1 is 1.24 bits per heavy atom. The van der Waals surface area contributed by atoms with Crippen molar-refractivity contribution >= 4 is 18.3 Å². The Bertz CT molecular complexity index is 270. The first-order valence-corrected chi connectivity index (χ1v) is 11.1. The zero-order chi connectivity index (χ0) is 13.9. The second-order valence-electron chi connectivity index (χ2n) is 7.16. The van der Waals surface area contributed by atoms with Crippen molar-refractivity contribution in [1.29, 1.82) is 0 Å². The predicted octanol–water partition coefficient (Wildman–Crippen LogP) is 3.06. The van der Waals surface area contributed by atoms with Crippen LogP contribution in [-0.2, 0) is 0 Å². The highest BCUT2D eigenvalue weighted by Gasteiger charge is 2.35. The van der Waals surface area contributed by atoms with Gasteiger partial charge in [0.05, 0.1) is 8.07 Å². The molecule has 0 aliphatic heterocycles. The summed E-state index contributed by atoms with van der Waals surface area (Å²) in [5, 5.41) is 5.90. The van der Waals surface area contributed by atoms with Gasteiger partial charge in [-0.2, -0.15) is 0 Å². The maximum Gasteiger partial charge on any atom is 0.0679 e. The van der Waals surface area contributed by atoms with Crippen LogP contribution in [0.25, 0.3) is 0 Å². The fourth-order valence-electron chi connectivity index (χ4n) is 1.60. The van der Waals surface area contributed by atoms with E-state index in [1.165, 1.54) is 22.8 Å². The fourth-order valence-corrected chi connectivity index (χ4v) is 3.23. The number of nitrogens with one attached hydrogen (secondary N) is 1. The van der Waals surface area contributed by atoms with Gasteiger partial charge in [0, 0.05) is 16.3 Å². The van der Waals surface area contributed by atoms with E-state index < -0.39 is 8.07 Å². The van der Waals surface area contributed by atoms with Gasteiger partial charge in [0.2, 0.25) is 0 Å². The minimum Gasteiger partial charge on any atom is -0.313 e. The fraction of sp³-hybridized carbons (Fsp3) is 0.857. The molecule has 1 nitrogen and oxygen atoms in total. The van der Waals surface area contributed by atoms with E-state index in [1.807, 2.05) is 0 Å². The van der Waals surface area contributed by atoms with Gasteiger partial charge < -0.3 is 5.32 Å². The van der Waals surface area contributed by atoms with Gasteiger partial charge in [-0.25, -0.2) is 0 Å². The molecule has 0 spiro atoms. The second-order valence-corrected chi connectivity index (χ2v) is 14.3. The molecule has 0 saturated heterocycles. The highest BCUT2D eigenvalue weighted by molar-refractivity contribution is 6.80. The van der Waals surface area contributed by atoms with Crippen molar-refractivity contribution in [2.24, 2.45) is 0 Å². The minimum atomic E-state index is -1.19. The van der Waals surface area contributed by atoms with Crippen molar-refractivity contribution in [2.45, 2.75) is 72.1 Å². The van der Waals surface area contributed by atoms with Crippen LogP contribution in [0.3, 0.4) is 0 Å². The molecular formula is C14H33NSi2. The second kappa shape index (κ2) is 6.34. The molecule has 0 heterocycles. The van der Waals surface area contributed by atoms with Crippen molar-refractivity contribution in [3.05, 3.63) is 10.8 Å². The Balaban J connectivity index is 4.61. The third kappa shape index (κ3) is 5.10. The zero-order valence-corrected chi connectivity index (χ0v) is 16.5. The van der Waals surface area contributed by atoms with E-state index in [9.17, 15) is 0 Å². The normalized spacial score (nSPS) is 16.9. The monoisotopic (exact) mass is 271 g/mol. The Hall–Kier alpha value is 0.134. The summed E-state index contributed by atoms with van der Waals surface area (Å²) >= 11 is 0. The summed E-state index contributed by atoms with van der Waals surface area (Å²) in [7, 11) is 0.00674. The van der Waals surface area contributed by atoms with Gasteiger partial charge in [0.1, 0.15) is 0 Å². The lowest BCUT2D eigenvalue weighted by Crippen LogP contribution is -2.50. The molecule has 0 bridgehead atoms.